The van der Waals surface area contributed by atoms with Crippen molar-refractivity contribution < 1.29 is 17.9 Å². The van der Waals surface area contributed by atoms with Gasteiger partial charge in [-0.3, -0.25) is 4.79 Å². The van der Waals surface area contributed by atoms with E-state index in [1.807, 2.05) is 38.1 Å². The molecule has 6 nitrogen and oxygen atoms in total. The molecule has 28 heavy (non-hydrogen) atoms. The third kappa shape index (κ3) is 4.43. The number of ether oxygens (including phenoxy) is 1. The molecule has 3 rings (SSSR count). The summed E-state index contributed by atoms with van der Waals surface area (Å²) in [6.07, 6.45) is 0. The van der Waals surface area contributed by atoms with Gasteiger partial charge in [0.25, 0.3) is 5.91 Å². The van der Waals surface area contributed by atoms with Crippen molar-refractivity contribution in [2.75, 3.05) is 26.3 Å². The fraction of sp³-hybridized carbons (Fsp3) is 0.381. The number of carbonyl (C=O) groups is 1. The average molecular weight is 403 g/mol. The van der Waals surface area contributed by atoms with Gasteiger partial charge in [0.2, 0.25) is 10.0 Å². The molecule has 0 aliphatic carbocycles. The van der Waals surface area contributed by atoms with Crippen LogP contribution in [-0.4, -0.2) is 44.9 Å². The number of hydrogen-bond donors (Lipinski definition) is 1. The summed E-state index contributed by atoms with van der Waals surface area (Å²) in [6.45, 7) is 7.06. The molecule has 7 heteroatoms. The second kappa shape index (κ2) is 8.43. The van der Waals surface area contributed by atoms with Gasteiger partial charge in [0, 0.05) is 18.7 Å². The number of morpholine rings is 1. The molecule has 1 N–H and O–H groups in total. The third-order valence-electron chi connectivity index (χ3n) is 4.96. The fourth-order valence-electron chi connectivity index (χ4n) is 3.16. The highest BCUT2D eigenvalue weighted by atomic mass is 32.2. The Morgan fingerprint density at radius 3 is 2.36 bits per heavy atom. The largest absolute Gasteiger partial charge is 0.379 e. The Bertz CT molecular complexity index is 949. The Kier molecular flexibility index (Phi) is 6.17. The number of carbonyl (C=O) groups excluding carboxylic acids is 1. The number of rotatable bonds is 5. The molecule has 150 valence electrons. The zero-order chi connectivity index (χ0) is 20.3. The van der Waals surface area contributed by atoms with Gasteiger partial charge in [-0.25, -0.2) is 8.42 Å². The monoisotopic (exact) mass is 402 g/mol. The van der Waals surface area contributed by atoms with E-state index in [1.54, 1.807) is 19.1 Å². The molecule has 1 atom stereocenters. The molecular weight excluding hydrogens is 376 g/mol. The Morgan fingerprint density at radius 2 is 1.71 bits per heavy atom. The zero-order valence-electron chi connectivity index (χ0n) is 16.4. The Balaban J connectivity index is 1.82. The minimum atomic E-state index is -3.66. The summed E-state index contributed by atoms with van der Waals surface area (Å²) < 4.78 is 32.7. The van der Waals surface area contributed by atoms with Crippen LogP contribution in [0.15, 0.2) is 47.4 Å². The van der Waals surface area contributed by atoms with E-state index in [0.29, 0.717) is 37.4 Å². The summed E-state index contributed by atoms with van der Waals surface area (Å²) in [7, 11) is -3.66. The minimum absolute atomic E-state index is 0.171. The highest BCUT2D eigenvalue weighted by Gasteiger charge is 2.28. The molecule has 1 saturated heterocycles. The Labute approximate surface area is 166 Å². The van der Waals surface area contributed by atoms with Crippen LogP contribution in [0.25, 0.3) is 0 Å². The van der Waals surface area contributed by atoms with Crippen molar-refractivity contribution in [1.29, 1.82) is 0 Å². The standard InChI is InChI=1S/C21H26N2O4S/c1-15-4-7-18(8-5-15)17(3)22-21(24)19-9-6-16(2)20(14-19)28(25,26)23-10-12-27-13-11-23/h4-9,14,17H,10-13H2,1-3H3,(H,22,24). The first kappa shape index (κ1) is 20.5. The van der Waals surface area contributed by atoms with Gasteiger partial charge >= 0.3 is 0 Å². The maximum atomic E-state index is 13.0. The molecule has 0 saturated carbocycles. The quantitative estimate of drug-likeness (QED) is 0.834. The molecule has 1 amide bonds. The van der Waals surface area contributed by atoms with E-state index < -0.39 is 10.0 Å². The minimum Gasteiger partial charge on any atom is -0.379 e. The predicted molar refractivity (Wildman–Crippen MR) is 108 cm³/mol. The van der Waals surface area contributed by atoms with Crippen LogP contribution in [0.5, 0.6) is 0 Å². The number of aryl methyl sites for hydroxylation is 2. The molecule has 0 spiro atoms. The van der Waals surface area contributed by atoms with Crippen molar-refractivity contribution in [3.8, 4) is 0 Å². The molecule has 1 aliphatic rings. The van der Waals surface area contributed by atoms with Crippen molar-refractivity contribution in [2.24, 2.45) is 0 Å². The number of nitrogens with one attached hydrogen (secondary N) is 1. The smallest absolute Gasteiger partial charge is 0.251 e. The number of hydrogen-bond acceptors (Lipinski definition) is 4. The van der Waals surface area contributed by atoms with E-state index >= 15 is 0 Å². The van der Waals surface area contributed by atoms with Crippen LogP contribution < -0.4 is 5.32 Å². The summed E-state index contributed by atoms with van der Waals surface area (Å²) in [5.74, 6) is -0.300. The fourth-order valence-corrected chi connectivity index (χ4v) is 4.82. The first-order valence-corrected chi connectivity index (χ1v) is 10.8. The second-order valence-electron chi connectivity index (χ2n) is 7.10. The molecule has 0 radical (unpaired) electrons. The molecule has 0 bridgehead atoms. The Hall–Kier alpha value is -2.22. The maximum Gasteiger partial charge on any atom is 0.251 e. The molecule has 1 heterocycles. The van der Waals surface area contributed by atoms with Crippen LogP contribution in [0.4, 0.5) is 0 Å². The molecule has 2 aromatic carbocycles. The van der Waals surface area contributed by atoms with Crippen molar-refractivity contribution >= 4 is 15.9 Å². The molecule has 1 aliphatic heterocycles. The van der Waals surface area contributed by atoms with Crippen molar-refractivity contribution in [3.05, 3.63) is 64.7 Å². The summed E-state index contributed by atoms with van der Waals surface area (Å²) in [4.78, 5) is 12.9. The van der Waals surface area contributed by atoms with E-state index in [2.05, 4.69) is 5.32 Å². The first-order valence-electron chi connectivity index (χ1n) is 9.35. The normalized spacial score (nSPS) is 16.5. The van der Waals surface area contributed by atoms with Crippen LogP contribution in [0.2, 0.25) is 0 Å². The summed E-state index contributed by atoms with van der Waals surface area (Å²) in [5.41, 5.74) is 3.09. The molecular formula is C21H26N2O4S. The van der Waals surface area contributed by atoms with Gasteiger partial charge < -0.3 is 10.1 Å². The topological polar surface area (TPSA) is 75.7 Å². The molecule has 1 fully saturated rings. The molecule has 2 aromatic rings. The van der Waals surface area contributed by atoms with Crippen molar-refractivity contribution in [2.45, 2.75) is 31.7 Å². The number of amides is 1. The van der Waals surface area contributed by atoms with Crippen LogP contribution in [0.3, 0.4) is 0 Å². The van der Waals surface area contributed by atoms with Crippen LogP contribution >= 0.6 is 0 Å². The lowest BCUT2D eigenvalue weighted by Gasteiger charge is -2.26. The van der Waals surface area contributed by atoms with Gasteiger partial charge in [-0.2, -0.15) is 4.31 Å². The highest BCUT2D eigenvalue weighted by molar-refractivity contribution is 7.89. The van der Waals surface area contributed by atoms with Crippen LogP contribution in [-0.2, 0) is 14.8 Å². The first-order chi connectivity index (χ1) is 13.3. The second-order valence-corrected chi connectivity index (χ2v) is 9.01. The van der Waals surface area contributed by atoms with E-state index in [0.717, 1.165) is 11.1 Å². The van der Waals surface area contributed by atoms with Gasteiger partial charge in [-0.05, 0) is 44.0 Å². The average Bonchev–Trinajstić information content (AvgIpc) is 2.69. The maximum absolute atomic E-state index is 13.0. The predicted octanol–water partition coefficient (Wildman–Crippen LogP) is 2.82. The van der Waals surface area contributed by atoms with E-state index in [4.69, 9.17) is 4.74 Å². The van der Waals surface area contributed by atoms with Crippen LogP contribution in [0, 0.1) is 13.8 Å². The van der Waals surface area contributed by atoms with E-state index in [-0.39, 0.29) is 16.8 Å². The number of nitrogens with zero attached hydrogens (tertiary/aromatic N) is 1. The van der Waals surface area contributed by atoms with Crippen molar-refractivity contribution in [1.82, 2.24) is 9.62 Å². The zero-order valence-corrected chi connectivity index (χ0v) is 17.3. The van der Waals surface area contributed by atoms with Gasteiger partial charge in [0.15, 0.2) is 0 Å². The lowest BCUT2D eigenvalue weighted by Crippen LogP contribution is -2.41. The summed E-state index contributed by atoms with van der Waals surface area (Å²) in [5, 5.41) is 2.94. The van der Waals surface area contributed by atoms with Gasteiger partial charge in [-0.1, -0.05) is 35.9 Å². The number of sulfonamides is 1. The van der Waals surface area contributed by atoms with Gasteiger partial charge in [0.05, 0.1) is 24.2 Å². The summed E-state index contributed by atoms with van der Waals surface area (Å²) in [6, 6.07) is 12.6. The van der Waals surface area contributed by atoms with E-state index in [1.165, 1.54) is 10.4 Å². The van der Waals surface area contributed by atoms with Crippen molar-refractivity contribution in [3.63, 3.8) is 0 Å². The molecule has 0 aromatic heterocycles. The number of benzene rings is 2. The van der Waals surface area contributed by atoms with Gasteiger partial charge in [0.1, 0.15) is 0 Å². The lowest BCUT2D eigenvalue weighted by atomic mass is 10.1. The van der Waals surface area contributed by atoms with E-state index in [9.17, 15) is 13.2 Å². The SMILES string of the molecule is Cc1ccc(C(C)NC(=O)c2ccc(C)c(S(=O)(=O)N3CCOCC3)c2)cc1. The summed E-state index contributed by atoms with van der Waals surface area (Å²) >= 11 is 0. The Morgan fingerprint density at radius 1 is 1.07 bits per heavy atom. The third-order valence-corrected chi connectivity index (χ3v) is 7.00. The lowest BCUT2D eigenvalue weighted by molar-refractivity contribution is 0.0730. The van der Waals surface area contributed by atoms with Gasteiger partial charge in [-0.15, -0.1) is 0 Å². The van der Waals surface area contributed by atoms with Crippen LogP contribution in [0.1, 0.15) is 40.0 Å². The molecule has 1 unspecified atom stereocenters. The highest BCUT2D eigenvalue weighted by Crippen LogP contribution is 2.23.